The fourth-order valence-electron chi connectivity index (χ4n) is 4.81. The number of ether oxygens (including phenoxy) is 2. The summed E-state index contributed by atoms with van der Waals surface area (Å²) in [6.45, 7) is 7.56. The highest BCUT2D eigenvalue weighted by Crippen LogP contribution is 2.42. The first-order chi connectivity index (χ1) is 17.6. The number of rotatable bonds is 11. The van der Waals surface area contributed by atoms with Crippen molar-refractivity contribution in [1.29, 1.82) is 0 Å². The first kappa shape index (κ1) is 27.3. The summed E-state index contributed by atoms with van der Waals surface area (Å²) in [6, 6.07) is 12.7. The number of methoxy groups -OCH3 is 2. The molecular formula is C28H34N2O5S2. The van der Waals surface area contributed by atoms with Crippen LogP contribution in [0.15, 0.2) is 47.4 Å². The molecule has 2 heterocycles. The predicted molar refractivity (Wildman–Crippen MR) is 145 cm³/mol. The van der Waals surface area contributed by atoms with Crippen LogP contribution in [0.5, 0.6) is 11.5 Å². The van der Waals surface area contributed by atoms with Crippen molar-refractivity contribution in [1.82, 2.24) is 9.88 Å². The van der Waals surface area contributed by atoms with Crippen molar-refractivity contribution in [3.05, 3.63) is 69.2 Å². The summed E-state index contributed by atoms with van der Waals surface area (Å²) >= 11 is 1.62. The molecule has 1 atom stereocenters. The Bertz CT molecular complexity index is 1340. The summed E-state index contributed by atoms with van der Waals surface area (Å²) in [6.07, 6.45) is 0.540. The smallest absolute Gasteiger partial charge is 0.178 e. The van der Waals surface area contributed by atoms with Crippen LogP contribution in [-0.2, 0) is 40.6 Å². The minimum atomic E-state index is -3.24. The topological polar surface area (TPSA) is 85.8 Å². The molecule has 0 fully saturated rings. The van der Waals surface area contributed by atoms with E-state index in [0.717, 1.165) is 46.4 Å². The second kappa shape index (κ2) is 11.3. The standard InChI is InChI=1S/C28H34N2O5S2/c1-6-37(32,33)24-9-7-19(8-10-24)11-21(31)14-26-29-27-25(36-26)17-30(28(27)18(2)3)16-20-12-22(34-4)15-23(13-20)35-5/h7-10,12-13,15,18,28H,6,11,14,16-17H2,1-5H3/t28-/m1/s1. The van der Waals surface area contributed by atoms with Crippen LogP contribution < -0.4 is 9.47 Å². The number of Topliss-reactive ketones (excluding diaryl/α,β-unsaturated/α-hetero) is 1. The van der Waals surface area contributed by atoms with Gasteiger partial charge in [-0.05, 0) is 41.3 Å². The number of carbonyl (C=O) groups is 1. The Morgan fingerprint density at radius 2 is 1.70 bits per heavy atom. The van der Waals surface area contributed by atoms with E-state index in [2.05, 4.69) is 18.7 Å². The van der Waals surface area contributed by atoms with Gasteiger partial charge in [0.25, 0.3) is 0 Å². The molecular weight excluding hydrogens is 508 g/mol. The minimum absolute atomic E-state index is 0.0581. The van der Waals surface area contributed by atoms with E-state index >= 15 is 0 Å². The van der Waals surface area contributed by atoms with Crippen LogP contribution in [0.4, 0.5) is 0 Å². The Kier molecular flexibility index (Phi) is 8.36. The fourth-order valence-corrected chi connectivity index (χ4v) is 6.86. The zero-order chi connectivity index (χ0) is 26.7. The van der Waals surface area contributed by atoms with E-state index in [1.807, 2.05) is 18.2 Å². The van der Waals surface area contributed by atoms with Gasteiger partial charge in [-0.2, -0.15) is 0 Å². The molecule has 9 heteroatoms. The van der Waals surface area contributed by atoms with Gasteiger partial charge in [0, 0.05) is 30.5 Å². The molecule has 1 aromatic heterocycles. The zero-order valence-electron chi connectivity index (χ0n) is 22.0. The second-order valence-electron chi connectivity index (χ2n) is 9.67. The van der Waals surface area contributed by atoms with E-state index in [1.165, 1.54) is 4.88 Å². The Labute approximate surface area is 223 Å². The third kappa shape index (κ3) is 6.22. The lowest BCUT2D eigenvalue weighted by atomic mass is 10.0. The first-order valence-electron chi connectivity index (χ1n) is 12.4. The number of hydrogen-bond acceptors (Lipinski definition) is 8. The molecule has 7 nitrogen and oxygen atoms in total. The Morgan fingerprint density at radius 3 is 2.27 bits per heavy atom. The highest BCUT2D eigenvalue weighted by molar-refractivity contribution is 7.91. The van der Waals surface area contributed by atoms with Gasteiger partial charge in [-0.3, -0.25) is 9.69 Å². The SMILES string of the molecule is CCS(=O)(=O)c1ccc(CC(=O)Cc2nc3c(s2)CN(Cc2cc(OC)cc(OC)c2)[C@@H]3C(C)C)cc1. The Morgan fingerprint density at radius 1 is 1.05 bits per heavy atom. The van der Waals surface area contributed by atoms with E-state index in [9.17, 15) is 13.2 Å². The number of carbonyl (C=O) groups excluding carboxylic acids is 1. The Balaban J connectivity index is 1.44. The van der Waals surface area contributed by atoms with E-state index in [0.29, 0.717) is 10.8 Å². The number of aromatic nitrogens is 1. The van der Waals surface area contributed by atoms with E-state index < -0.39 is 9.84 Å². The normalized spacial score (nSPS) is 15.7. The number of ketones is 1. The molecule has 37 heavy (non-hydrogen) atoms. The molecule has 0 aliphatic carbocycles. The maximum Gasteiger partial charge on any atom is 0.178 e. The molecule has 0 N–H and O–H groups in total. The number of fused-ring (bicyclic) bond motifs is 1. The van der Waals surface area contributed by atoms with Gasteiger partial charge >= 0.3 is 0 Å². The molecule has 0 saturated carbocycles. The number of hydrogen-bond donors (Lipinski definition) is 0. The van der Waals surface area contributed by atoms with Gasteiger partial charge in [0.15, 0.2) is 9.84 Å². The van der Waals surface area contributed by atoms with Crippen molar-refractivity contribution in [3.8, 4) is 11.5 Å². The molecule has 1 aliphatic heterocycles. The molecule has 198 valence electrons. The Hall–Kier alpha value is -2.75. The number of thiazole rings is 1. The van der Waals surface area contributed by atoms with Gasteiger partial charge in [0.1, 0.15) is 22.3 Å². The lowest BCUT2D eigenvalue weighted by Crippen LogP contribution is -2.26. The molecule has 0 amide bonds. The van der Waals surface area contributed by atoms with Crippen LogP contribution in [-0.4, -0.2) is 44.1 Å². The summed E-state index contributed by atoms with van der Waals surface area (Å²) in [7, 11) is 0.0642. The summed E-state index contributed by atoms with van der Waals surface area (Å²) in [4.78, 5) is 21.6. The van der Waals surface area contributed by atoms with Crippen LogP contribution >= 0.6 is 11.3 Å². The van der Waals surface area contributed by atoms with Crippen molar-refractivity contribution in [3.63, 3.8) is 0 Å². The zero-order valence-corrected chi connectivity index (χ0v) is 23.6. The lowest BCUT2D eigenvalue weighted by Gasteiger charge is -2.28. The quantitative estimate of drug-likeness (QED) is 0.336. The van der Waals surface area contributed by atoms with Crippen molar-refractivity contribution >= 4 is 27.0 Å². The van der Waals surface area contributed by atoms with Crippen LogP contribution in [0.25, 0.3) is 0 Å². The maximum absolute atomic E-state index is 12.8. The number of benzene rings is 2. The summed E-state index contributed by atoms with van der Waals surface area (Å²) < 4.78 is 34.9. The average Bonchev–Trinajstić information content (AvgIpc) is 3.40. The van der Waals surface area contributed by atoms with Crippen LogP contribution in [0.3, 0.4) is 0 Å². The summed E-state index contributed by atoms with van der Waals surface area (Å²) in [5.74, 6) is 2.02. The van der Waals surface area contributed by atoms with Gasteiger partial charge in [-0.15, -0.1) is 11.3 Å². The third-order valence-electron chi connectivity index (χ3n) is 6.63. The molecule has 0 saturated heterocycles. The molecule has 0 unspecified atom stereocenters. The van der Waals surface area contributed by atoms with Crippen molar-refractivity contribution in [2.75, 3.05) is 20.0 Å². The second-order valence-corrected chi connectivity index (χ2v) is 13.1. The third-order valence-corrected chi connectivity index (χ3v) is 9.44. The van der Waals surface area contributed by atoms with E-state index in [1.54, 1.807) is 56.7 Å². The van der Waals surface area contributed by atoms with Crippen LogP contribution in [0.2, 0.25) is 0 Å². The molecule has 4 rings (SSSR count). The summed E-state index contributed by atoms with van der Waals surface area (Å²) in [5.41, 5.74) is 3.00. The maximum atomic E-state index is 12.8. The fraction of sp³-hybridized carbons (Fsp3) is 0.429. The molecule has 3 aromatic rings. The van der Waals surface area contributed by atoms with E-state index in [-0.39, 0.29) is 30.4 Å². The van der Waals surface area contributed by atoms with Crippen molar-refractivity contribution in [2.24, 2.45) is 5.92 Å². The van der Waals surface area contributed by atoms with Crippen molar-refractivity contribution in [2.45, 2.75) is 57.6 Å². The molecule has 2 aromatic carbocycles. The average molecular weight is 543 g/mol. The largest absolute Gasteiger partial charge is 0.497 e. The highest BCUT2D eigenvalue weighted by Gasteiger charge is 2.36. The van der Waals surface area contributed by atoms with Gasteiger partial charge in [0.2, 0.25) is 0 Å². The first-order valence-corrected chi connectivity index (χ1v) is 14.9. The van der Waals surface area contributed by atoms with E-state index in [4.69, 9.17) is 14.5 Å². The molecule has 0 spiro atoms. The summed E-state index contributed by atoms with van der Waals surface area (Å²) in [5, 5.41) is 0.841. The van der Waals surface area contributed by atoms with Gasteiger partial charge in [0.05, 0.1) is 43.0 Å². The molecule has 0 radical (unpaired) electrons. The minimum Gasteiger partial charge on any atom is -0.497 e. The van der Waals surface area contributed by atoms with Gasteiger partial charge in [-0.1, -0.05) is 32.9 Å². The number of nitrogens with zero attached hydrogens (tertiary/aromatic N) is 2. The van der Waals surface area contributed by atoms with Crippen LogP contribution in [0.1, 0.15) is 53.5 Å². The molecule has 0 bridgehead atoms. The molecule has 1 aliphatic rings. The van der Waals surface area contributed by atoms with Gasteiger partial charge < -0.3 is 9.47 Å². The number of sulfone groups is 1. The highest BCUT2D eigenvalue weighted by atomic mass is 32.2. The van der Waals surface area contributed by atoms with Crippen molar-refractivity contribution < 1.29 is 22.7 Å². The monoisotopic (exact) mass is 542 g/mol. The predicted octanol–water partition coefficient (Wildman–Crippen LogP) is 5.02. The van der Waals surface area contributed by atoms with Gasteiger partial charge in [-0.25, -0.2) is 13.4 Å². The lowest BCUT2D eigenvalue weighted by molar-refractivity contribution is -0.117. The van der Waals surface area contributed by atoms with Crippen LogP contribution in [0, 0.1) is 5.92 Å².